The van der Waals surface area contributed by atoms with Crippen LogP contribution in [0, 0.1) is 6.92 Å². The third-order valence-corrected chi connectivity index (χ3v) is 3.34. The summed E-state index contributed by atoms with van der Waals surface area (Å²) in [4.78, 5) is 0. The summed E-state index contributed by atoms with van der Waals surface area (Å²) in [6, 6.07) is 2.20. The van der Waals surface area contributed by atoms with Crippen LogP contribution >= 0.6 is 0 Å². The average molecular weight is 222 g/mol. The molecule has 0 radical (unpaired) electrons. The molecule has 0 aliphatic heterocycles. The Morgan fingerprint density at radius 1 is 1.12 bits per heavy atom. The molecule has 0 aromatic heterocycles. The average Bonchev–Trinajstić information content (AvgIpc) is 2.51. The summed E-state index contributed by atoms with van der Waals surface area (Å²) in [7, 11) is 0. The van der Waals surface area contributed by atoms with Crippen LogP contribution in [-0.2, 0) is 0 Å². The molecule has 1 aliphatic rings. The van der Waals surface area contributed by atoms with E-state index in [1.165, 1.54) is 32.7 Å². The van der Waals surface area contributed by atoms with Gasteiger partial charge in [-0.3, -0.25) is 0 Å². The van der Waals surface area contributed by atoms with E-state index in [0.29, 0.717) is 0 Å². The lowest BCUT2D eigenvalue weighted by molar-refractivity contribution is 1.26. The molecule has 86 valence electrons. The molecule has 2 rings (SSSR count). The fourth-order valence-electron chi connectivity index (χ4n) is 2.30. The maximum absolute atomic E-state index is 3.90. The molecule has 0 saturated carbocycles. The molecule has 1 aromatic carbocycles. The fraction of sp³-hybridized carbons (Fsp3) is 0.176. The molecular weight excluding hydrogens is 204 g/mol. The highest BCUT2D eigenvalue weighted by Gasteiger charge is 2.04. The first-order valence-electron chi connectivity index (χ1n) is 5.93. The van der Waals surface area contributed by atoms with Crippen molar-refractivity contribution in [3.05, 3.63) is 58.0 Å². The molecule has 0 spiro atoms. The zero-order valence-electron chi connectivity index (χ0n) is 10.6. The third kappa shape index (κ3) is 2.03. The maximum Gasteiger partial charge on any atom is -0.0129 e. The van der Waals surface area contributed by atoms with Gasteiger partial charge < -0.3 is 0 Å². The molecule has 0 saturated heterocycles. The second-order valence-corrected chi connectivity index (χ2v) is 4.50. The molecular formula is C17H18. The molecule has 0 fully saturated rings. The van der Waals surface area contributed by atoms with Crippen LogP contribution in [0.4, 0.5) is 0 Å². The second kappa shape index (κ2) is 4.58. The topological polar surface area (TPSA) is 0 Å². The zero-order valence-corrected chi connectivity index (χ0v) is 10.6. The van der Waals surface area contributed by atoms with Crippen molar-refractivity contribution >= 4 is 24.3 Å². The van der Waals surface area contributed by atoms with Crippen molar-refractivity contribution in [3.8, 4) is 0 Å². The van der Waals surface area contributed by atoms with Gasteiger partial charge in [-0.1, -0.05) is 49.1 Å². The van der Waals surface area contributed by atoms with Crippen molar-refractivity contribution in [2.75, 3.05) is 0 Å². The molecule has 1 aromatic rings. The molecule has 0 atom stereocenters. The van der Waals surface area contributed by atoms with Crippen LogP contribution in [0.1, 0.15) is 30.0 Å². The number of hydrogen-bond acceptors (Lipinski definition) is 0. The minimum absolute atomic E-state index is 1.02. The van der Waals surface area contributed by atoms with E-state index in [1.54, 1.807) is 0 Å². The molecule has 0 amide bonds. The lowest BCUT2D eigenvalue weighted by Gasteiger charge is -2.07. The first-order chi connectivity index (χ1) is 8.17. The van der Waals surface area contributed by atoms with Gasteiger partial charge in [0.1, 0.15) is 0 Å². The largest absolute Gasteiger partial charge is 0.0984 e. The standard InChI is InChI=1S/C17H18/c1-5-14-11-15-9-7-12(3)8-10-17(15)13(4)16(14)6-2/h5-6,8-11H,1-2,7H2,3-4H3. The van der Waals surface area contributed by atoms with Gasteiger partial charge in [0.05, 0.1) is 0 Å². The molecule has 17 heavy (non-hydrogen) atoms. The van der Waals surface area contributed by atoms with E-state index < -0.39 is 0 Å². The van der Waals surface area contributed by atoms with Crippen LogP contribution in [0.15, 0.2) is 30.9 Å². The van der Waals surface area contributed by atoms with Gasteiger partial charge in [0.15, 0.2) is 0 Å². The Bertz CT molecular complexity index is 625. The zero-order chi connectivity index (χ0) is 12.4. The van der Waals surface area contributed by atoms with Crippen molar-refractivity contribution in [2.45, 2.75) is 20.3 Å². The summed E-state index contributed by atoms with van der Waals surface area (Å²) in [6.07, 6.45) is 11.6. The number of fused-ring (bicyclic) bond motifs is 1. The Kier molecular flexibility index (Phi) is 3.14. The van der Waals surface area contributed by atoms with Crippen molar-refractivity contribution in [1.82, 2.24) is 0 Å². The first kappa shape index (κ1) is 11.7. The van der Waals surface area contributed by atoms with Gasteiger partial charge in [0.25, 0.3) is 0 Å². The minimum atomic E-state index is 1.02. The summed E-state index contributed by atoms with van der Waals surface area (Å²) in [6.45, 7) is 12.1. The summed E-state index contributed by atoms with van der Waals surface area (Å²) in [5.41, 5.74) is 5.03. The fourth-order valence-corrected chi connectivity index (χ4v) is 2.30. The number of rotatable bonds is 2. The molecule has 0 unspecified atom stereocenters. The molecule has 0 heteroatoms. The summed E-state index contributed by atoms with van der Waals surface area (Å²) < 4.78 is 0. The lowest BCUT2D eigenvalue weighted by atomic mass is 9.97. The van der Waals surface area contributed by atoms with Crippen LogP contribution in [0.25, 0.3) is 24.3 Å². The SMILES string of the molecule is C=Cc1cc2c(c(C)c1C=C)=CC=C(C)CC=2. The molecule has 1 aliphatic carbocycles. The van der Waals surface area contributed by atoms with E-state index >= 15 is 0 Å². The molecule has 0 bridgehead atoms. The quantitative estimate of drug-likeness (QED) is 0.721. The second-order valence-electron chi connectivity index (χ2n) is 4.50. The Hall–Kier alpha value is -1.82. The van der Waals surface area contributed by atoms with Crippen molar-refractivity contribution in [1.29, 1.82) is 0 Å². The highest BCUT2D eigenvalue weighted by molar-refractivity contribution is 5.68. The van der Waals surface area contributed by atoms with E-state index in [2.05, 4.69) is 51.3 Å². The smallest absolute Gasteiger partial charge is 0.0129 e. The van der Waals surface area contributed by atoms with Gasteiger partial charge in [-0.25, -0.2) is 0 Å². The van der Waals surface area contributed by atoms with Gasteiger partial charge in [-0.05, 0) is 53.5 Å². The van der Waals surface area contributed by atoms with Crippen molar-refractivity contribution in [3.63, 3.8) is 0 Å². The van der Waals surface area contributed by atoms with E-state index in [1.807, 2.05) is 12.2 Å². The predicted molar refractivity (Wildman–Crippen MR) is 77.9 cm³/mol. The number of benzene rings is 1. The number of hydrogen-bond donors (Lipinski definition) is 0. The molecule has 0 nitrogen and oxygen atoms in total. The van der Waals surface area contributed by atoms with Crippen LogP contribution < -0.4 is 10.4 Å². The lowest BCUT2D eigenvalue weighted by Crippen LogP contribution is -2.28. The van der Waals surface area contributed by atoms with Crippen LogP contribution in [0.5, 0.6) is 0 Å². The Morgan fingerprint density at radius 2 is 1.88 bits per heavy atom. The van der Waals surface area contributed by atoms with Crippen molar-refractivity contribution < 1.29 is 0 Å². The maximum atomic E-state index is 3.90. The van der Waals surface area contributed by atoms with Crippen LogP contribution in [0.2, 0.25) is 0 Å². The van der Waals surface area contributed by atoms with Gasteiger partial charge in [-0.15, -0.1) is 0 Å². The Morgan fingerprint density at radius 3 is 2.53 bits per heavy atom. The van der Waals surface area contributed by atoms with E-state index in [4.69, 9.17) is 0 Å². The number of allylic oxidation sites excluding steroid dienone is 2. The normalized spacial score (nSPS) is 13.6. The van der Waals surface area contributed by atoms with Gasteiger partial charge in [0.2, 0.25) is 0 Å². The van der Waals surface area contributed by atoms with E-state index in [-0.39, 0.29) is 0 Å². The van der Waals surface area contributed by atoms with Crippen LogP contribution in [-0.4, -0.2) is 0 Å². The van der Waals surface area contributed by atoms with E-state index in [0.717, 1.165) is 6.42 Å². The summed E-state index contributed by atoms with van der Waals surface area (Å²) >= 11 is 0. The van der Waals surface area contributed by atoms with Crippen molar-refractivity contribution in [2.24, 2.45) is 0 Å². The van der Waals surface area contributed by atoms with E-state index in [9.17, 15) is 0 Å². The highest BCUT2D eigenvalue weighted by atomic mass is 14.1. The third-order valence-electron chi connectivity index (χ3n) is 3.34. The highest BCUT2D eigenvalue weighted by Crippen LogP contribution is 2.13. The summed E-state index contributed by atoms with van der Waals surface area (Å²) in [5, 5.41) is 2.61. The van der Waals surface area contributed by atoms with Gasteiger partial charge in [0, 0.05) is 0 Å². The van der Waals surface area contributed by atoms with Crippen LogP contribution in [0.3, 0.4) is 0 Å². The monoisotopic (exact) mass is 222 g/mol. The Labute approximate surface area is 103 Å². The molecule has 0 N–H and O–H groups in total. The van der Waals surface area contributed by atoms with Gasteiger partial charge >= 0.3 is 0 Å². The van der Waals surface area contributed by atoms with Gasteiger partial charge in [-0.2, -0.15) is 0 Å². The minimum Gasteiger partial charge on any atom is -0.0984 e. The summed E-state index contributed by atoms with van der Waals surface area (Å²) in [5.74, 6) is 0. The predicted octanol–water partition coefficient (Wildman–Crippen LogP) is 3.19. The Balaban J connectivity index is 2.90. The molecule has 0 heterocycles. The first-order valence-corrected chi connectivity index (χ1v) is 5.93.